The van der Waals surface area contributed by atoms with Gasteiger partial charge in [0.25, 0.3) is 10.0 Å². The maximum Gasteiger partial charge on any atom is 0.250 e. The van der Waals surface area contributed by atoms with Crippen LogP contribution in [0.15, 0.2) is 52.1 Å². The Hall–Kier alpha value is -1.70. The number of carbonyl (C=O) groups is 1. The van der Waals surface area contributed by atoms with Gasteiger partial charge in [0.2, 0.25) is 5.91 Å². The molecule has 1 amide bonds. The second-order valence-electron chi connectivity index (χ2n) is 5.36. The number of carbonyl (C=O) groups excluding carboxylic acids is 1. The van der Waals surface area contributed by atoms with Crippen LogP contribution >= 0.6 is 11.3 Å². The zero-order valence-corrected chi connectivity index (χ0v) is 14.7. The first-order valence-electron chi connectivity index (χ1n) is 7.26. The van der Waals surface area contributed by atoms with Gasteiger partial charge >= 0.3 is 0 Å². The van der Waals surface area contributed by atoms with Gasteiger partial charge in [0.05, 0.1) is 6.54 Å². The molecule has 1 aromatic carbocycles. The van der Waals surface area contributed by atoms with Gasteiger partial charge < -0.3 is 4.90 Å². The summed E-state index contributed by atoms with van der Waals surface area (Å²) in [7, 11) is -3.62. The lowest BCUT2D eigenvalue weighted by Gasteiger charge is -2.27. The molecule has 1 heterocycles. The Morgan fingerprint density at radius 3 is 2.43 bits per heavy atom. The summed E-state index contributed by atoms with van der Waals surface area (Å²) >= 11 is 1.12. The number of thiophene rings is 1. The molecule has 7 heteroatoms. The van der Waals surface area contributed by atoms with Crippen molar-refractivity contribution in [3.8, 4) is 0 Å². The Bertz CT molecular complexity index is 726. The van der Waals surface area contributed by atoms with Crippen molar-refractivity contribution in [3.05, 3.63) is 53.4 Å². The molecule has 0 saturated carbocycles. The van der Waals surface area contributed by atoms with Gasteiger partial charge in [0, 0.05) is 12.6 Å². The van der Waals surface area contributed by atoms with Crippen molar-refractivity contribution in [3.63, 3.8) is 0 Å². The number of sulfonamides is 1. The normalized spacial score (nSPS) is 11.6. The fourth-order valence-corrected chi connectivity index (χ4v) is 4.10. The van der Waals surface area contributed by atoms with E-state index in [1.807, 2.05) is 44.2 Å². The van der Waals surface area contributed by atoms with E-state index in [-0.39, 0.29) is 22.7 Å². The average molecular weight is 352 g/mol. The number of amides is 1. The molecule has 2 rings (SSSR count). The first kappa shape index (κ1) is 17.7. The Labute approximate surface area is 141 Å². The molecule has 0 fully saturated rings. The van der Waals surface area contributed by atoms with E-state index < -0.39 is 10.0 Å². The Morgan fingerprint density at radius 1 is 1.17 bits per heavy atom. The largest absolute Gasteiger partial charge is 0.335 e. The minimum absolute atomic E-state index is 0.0195. The first-order chi connectivity index (χ1) is 10.9. The Morgan fingerprint density at radius 2 is 1.87 bits per heavy atom. The summed E-state index contributed by atoms with van der Waals surface area (Å²) in [4.78, 5) is 14.1. The molecule has 2 aromatic rings. The molecular weight excluding hydrogens is 332 g/mol. The lowest BCUT2D eigenvalue weighted by Crippen LogP contribution is -2.43. The van der Waals surface area contributed by atoms with Crippen LogP contribution < -0.4 is 4.72 Å². The molecule has 0 aliphatic heterocycles. The monoisotopic (exact) mass is 352 g/mol. The predicted octanol–water partition coefficient (Wildman–Crippen LogP) is 2.46. The number of nitrogens with zero attached hydrogens (tertiary/aromatic N) is 1. The van der Waals surface area contributed by atoms with Gasteiger partial charge in [-0.3, -0.25) is 4.79 Å². The van der Waals surface area contributed by atoms with E-state index in [0.717, 1.165) is 16.9 Å². The van der Waals surface area contributed by atoms with Crippen molar-refractivity contribution in [1.82, 2.24) is 9.62 Å². The SMILES string of the molecule is CC(C)N(Cc1ccccc1)C(=O)CNS(=O)(=O)c1cccs1. The molecule has 5 nitrogen and oxygen atoms in total. The summed E-state index contributed by atoms with van der Waals surface area (Å²) in [5.41, 5.74) is 1.01. The summed E-state index contributed by atoms with van der Waals surface area (Å²) in [6.07, 6.45) is 0. The highest BCUT2D eigenvalue weighted by Gasteiger charge is 2.21. The van der Waals surface area contributed by atoms with Crippen LogP contribution in [0.4, 0.5) is 0 Å². The summed E-state index contributed by atoms with van der Waals surface area (Å²) in [5.74, 6) is -0.246. The molecule has 1 aromatic heterocycles. The summed E-state index contributed by atoms with van der Waals surface area (Å²) in [6, 6.07) is 12.8. The van der Waals surface area contributed by atoms with Gasteiger partial charge in [0.15, 0.2) is 0 Å². The number of nitrogens with one attached hydrogen (secondary N) is 1. The van der Waals surface area contributed by atoms with E-state index in [4.69, 9.17) is 0 Å². The molecule has 0 saturated heterocycles. The first-order valence-corrected chi connectivity index (χ1v) is 9.63. The minimum atomic E-state index is -3.62. The summed E-state index contributed by atoms with van der Waals surface area (Å²) < 4.78 is 26.7. The van der Waals surface area contributed by atoms with Crippen molar-refractivity contribution < 1.29 is 13.2 Å². The molecule has 0 spiro atoms. The zero-order chi connectivity index (χ0) is 16.9. The quantitative estimate of drug-likeness (QED) is 0.832. The van der Waals surface area contributed by atoms with Crippen LogP contribution in [0, 0.1) is 0 Å². The number of hydrogen-bond donors (Lipinski definition) is 1. The van der Waals surface area contributed by atoms with Gasteiger partial charge in [-0.2, -0.15) is 0 Å². The van der Waals surface area contributed by atoms with Gasteiger partial charge in [-0.1, -0.05) is 36.4 Å². The standard InChI is InChI=1S/C16H20N2O3S2/c1-13(2)18(12-14-7-4-3-5-8-14)15(19)11-17-23(20,21)16-9-6-10-22-16/h3-10,13,17H,11-12H2,1-2H3. The third kappa shape index (κ3) is 4.89. The fourth-order valence-electron chi connectivity index (χ4n) is 2.08. The summed E-state index contributed by atoms with van der Waals surface area (Å²) in [5, 5.41) is 1.69. The van der Waals surface area contributed by atoms with Crippen molar-refractivity contribution in [2.75, 3.05) is 6.54 Å². The highest BCUT2D eigenvalue weighted by molar-refractivity contribution is 7.91. The summed E-state index contributed by atoms with van der Waals surface area (Å²) in [6.45, 7) is 4.03. The van der Waals surface area contributed by atoms with E-state index in [1.54, 1.807) is 16.3 Å². The molecule has 0 bridgehead atoms. The fraction of sp³-hybridized carbons (Fsp3) is 0.312. The van der Waals surface area contributed by atoms with Crippen molar-refractivity contribution in [1.29, 1.82) is 0 Å². The second-order valence-corrected chi connectivity index (χ2v) is 8.30. The number of hydrogen-bond acceptors (Lipinski definition) is 4. The molecule has 0 unspecified atom stereocenters. The smallest absolute Gasteiger partial charge is 0.250 e. The van der Waals surface area contributed by atoms with Crippen LogP contribution in [0.3, 0.4) is 0 Å². The zero-order valence-electron chi connectivity index (χ0n) is 13.1. The number of rotatable bonds is 7. The van der Waals surface area contributed by atoms with Gasteiger partial charge in [-0.15, -0.1) is 11.3 Å². The molecule has 1 N–H and O–H groups in total. The Balaban J connectivity index is 2.02. The van der Waals surface area contributed by atoms with E-state index in [0.29, 0.717) is 6.54 Å². The van der Waals surface area contributed by atoms with E-state index in [2.05, 4.69) is 4.72 Å². The lowest BCUT2D eigenvalue weighted by molar-refractivity contribution is -0.132. The van der Waals surface area contributed by atoms with Crippen molar-refractivity contribution in [2.45, 2.75) is 30.6 Å². The molecule has 0 aliphatic carbocycles. The maximum atomic E-state index is 12.4. The average Bonchev–Trinajstić information content (AvgIpc) is 3.06. The Kier molecular flexibility index (Phi) is 5.92. The van der Waals surface area contributed by atoms with E-state index in [9.17, 15) is 13.2 Å². The third-order valence-electron chi connectivity index (χ3n) is 3.31. The van der Waals surface area contributed by atoms with Crippen LogP contribution in [0.5, 0.6) is 0 Å². The van der Waals surface area contributed by atoms with Crippen LogP contribution in [-0.4, -0.2) is 31.8 Å². The van der Waals surface area contributed by atoms with E-state index >= 15 is 0 Å². The molecular formula is C16H20N2O3S2. The van der Waals surface area contributed by atoms with Crippen LogP contribution in [0.1, 0.15) is 19.4 Å². The molecule has 0 radical (unpaired) electrons. The third-order valence-corrected chi connectivity index (χ3v) is 6.11. The van der Waals surface area contributed by atoms with Crippen LogP contribution in [-0.2, 0) is 21.4 Å². The molecule has 23 heavy (non-hydrogen) atoms. The number of benzene rings is 1. The maximum absolute atomic E-state index is 12.4. The molecule has 0 atom stereocenters. The highest BCUT2D eigenvalue weighted by Crippen LogP contribution is 2.15. The topological polar surface area (TPSA) is 66.5 Å². The lowest BCUT2D eigenvalue weighted by atomic mass is 10.2. The van der Waals surface area contributed by atoms with Gasteiger partial charge in [0.1, 0.15) is 4.21 Å². The van der Waals surface area contributed by atoms with E-state index in [1.165, 1.54) is 6.07 Å². The van der Waals surface area contributed by atoms with Crippen molar-refractivity contribution >= 4 is 27.3 Å². The molecule has 0 aliphatic rings. The van der Waals surface area contributed by atoms with Crippen LogP contribution in [0.2, 0.25) is 0 Å². The van der Waals surface area contributed by atoms with Gasteiger partial charge in [-0.25, -0.2) is 13.1 Å². The predicted molar refractivity (Wildman–Crippen MR) is 91.6 cm³/mol. The minimum Gasteiger partial charge on any atom is -0.335 e. The molecule has 124 valence electrons. The van der Waals surface area contributed by atoms with Crippen LogP contribution in [0.25, 0.3) is 0 Å². The second kappa shape index (κ2) is 7.72. The van der Waals surface area contributed by atoms with Gasteiger partial charge in [-0.05, 0) is 30.9 Å². The highest BCUT2D eigenvalue weighted by atomic mass is 32.2. The van der Waals surface area contributed by atoms with Crippen molar-refractivity contribution in [2.24, 2.45) is 0 Å².